The molecule has 2 fully saturated rings. The van der Waals surface area contributed by atoms with Crippen molar-refractivity contribution < 1.29 is 14.4 Å². The van der Waals surface area contributed by atoms with Crippen LogP contribution in [0.3, 0.4) is 0 Å². The molecule has 2 atom stereocenters. The van der Waals surface area contributed by atoms with Gasteiger partial charge < -0.3 is 15.5 Å². The molecule has 0 aromatic heterocycles. The molecule has 1 saturated heterocycles. The minimum Gasteiger partial charge on any atom is -0.361 e. The smallest absolute Gasteiger partial charge is 0.312 e. The average Bonchev–Trinajstić information content (AvgIpc) is 3.33. The van der Waals surface area contributed by atoms with Crippen LogP contribution in [0.15, 0.2) is 30.3 Å². The van der Waals surface area contributed by atoms with Crippen LogP contribution in [0, 0.1) is 5.41 Å². The highest BCUT2D eigenvalue weighted by Gasteiger charge is 2.50. The minimum absolute atomic E-state index is 0.141. The molecule has 1 aromatic carbocycles. The summed E-state index contributed by atoms with van der Waals surface area (Å²) in [5.74, 6) is -1.51. The van der Waals surface area contributed by atoms with Crippen LogP contribution >= 0.6 is 0 Å². The van der Waals surface area contributed by atoms with Crippen molar-refractivity contribution >= 4 is 17.7 Å². The highest BCUT2D eigenvalue weighted by Crippen LogP contribution is 2.47. The monoisotopic (exact) mass is 329 g/mol. The van der Waals surface area contributed by atoms with Gasteiger partial charge in [0.2, 0.25) is 5.91 Å². The SMILES string of the molecule is C[C@@H]1CN(C(=O)C(N)=O)[C@@H](c2ccccc2)CN1C(=O)C1(C)CC1. The average molecular weight is 329 g/mol. The topological polar surface area (TPSA) is 83.7 Å². The highest BCUT2D eigenvalue weighted by molar-refractivity contribution is 6.34. The number of amides is 3. The summed E-state index contributed by atoms with van der Waals surface area (Å²) in [7, 11) is 0. The molecule has 0 bridgehead atoms. The molecule has 1 aliphatic heterocycles. The van der Waals surface area contributed by atoms with Crippen LogP contribution in [0.5, 0.6) is 0 Å². The molecule has 128 valence electrons. The van der Waals surface area contributed by atoms with Gasteiger partial charge in [-0.3, -0.25) is 14.4 Å². The lowest BCUT2D eigenvalue weighted by Gasteiger charge is -2.46. The van der Waals surface area contributed by atoms with Gasteiger partial charge in [0.1, 0.15) is 0 Å². The normalized spacial score (nSPS) is 25.2. The number of nitrogens with zero attached hydrogens (tertiary/aromatic N) is 2. The third-order valence-electron chi connectivity index (χ3n) is 5.17. The molecule has 1 saturated carbocycles. The first-order valence-corrected chi connectivity index (χ1v) is 8.30. The molecular formula is C18H23N3O3. The van der Waals surface area contributed by atoms with Crippen LogP contribution in [-0.4, -0.2) is 46.7 Å². The molecule has 3 rings (SSSR count). The van der Waals surface area contributed by atoms with E-state index in [2.05, 4.69) is 0 Å². The largest absolute Gasteiger partial charge is 0.361 e. The number of nitrogens with two attached hydrogens (primary N) is 1. The molecule has 2 N–H and O–H groups in total. The van der Waals surface area contributed by atoms with E-state index in [1.165, 1.54) is 4.90 Å². The second-order valence-corrected chi connectivity index (χ2v) is 7.12. The fraction of sp³-hybridized carbons (Fsp3) is 0.500. The van der Waals surface area contributed by atoms with Gasteiger partial charge in [0.05, 0.1) is 6.04 Å². The van der Waals surface area contributed by atoms with Crippen molar-refractivity contribution in [1.29, 1.82) is 0 Å². The molecule has 1 aromatic rings. The van der Waals surface area contributed by atoms with Gasteiger partial charge in [-0.05, 0) is 25.3 Å². The van der Waals surface area contributed by atoms with Crippen LogP contribution in [0.2, 0.25) is 0 Å². The summed E-state index contributed by atoms with van der Waals surface area (Å²) in [5.41, 5.74) is 5.86. The lowest BCUT2D eigenvalue weighted by atomic mass is 9.97. The Morgan fingerprint density at radius 3 is 2.25 bits per heavy atom. The van der Waals surface area contributed by atoms with E-state index in [4.69, 9.17) is 5.73 Å². The Morgan fingerprint density at radius 2 is 1.71 bits per heavy atom. The lowest BCUT2D eigenvalue weighted by molar-refractivity contribution is -0.153. The molecule has 24 heavy (non-hydrogen) atoms. The number of carbonyl (C=O) groups is 3. The molecule has 2 aliphatic rings. The number of carbonyl (C=O) groups excluding carboxylic acids is 3. The molecule has 6 heteroatoms. The van der Waals surface area contributed by atoms with Crippen LogP contribution < -0.4 is 5.73 Å². The fourth-order valence-corrected chi connectivity index (χ4v) is 3.33. The van der Waals surface area contributed by atoms with Crippen molar-refractivity contribution in [3.63, 3.8) is 0 Å². The first-order chi connectivity index (χ1) is 11.3. The fourth-order valence-electron chi connectivity index (χ4n) is 3.33. The Bertz CT molecular complexity index is 669. The van der Waals surface area contributed by atoms with Gasteiger partial charge in [-0.2, -0.15) is 0 Å². The Balaban J connectivity index is 1.91. The Kier molecular flexibility index (Phi) is 4.07. The number of hydrogen-bond acceptors (Lipinski definition) is 3. The number of rotatable bonds is 2. The molecule has 6 nitrogen and oxygen atoms in total. The van der Waals surface area contributed by atoms with Crippen molar-refractivity contribution in [2.75, 3.05) is 13.1 Å². The number of piperazine rings is 1. The minimum atomic E-state index is -0.961. The standard InChI is InChI=1S/C18H23N3O3/c1-12-10-21(16(23)15(19)22)14(13-6-4-3-5-7-13)11-20(12)17(24)18(2)8-9-18/h3-7,12,14H,8-11H2,1-2H3,(H2,19,22)/t12-,14-/m1/s1. The Hall–Kier alpha value is -2.37. The van der Waals surface area contributed by atoms with E-state index >= 15 is 0 Å². The maximum atomic E-state index is 12.8. The van der Waals surface area contributed by atoms with Gasteiger partial charge in [-0.25, -0.2) is 0 Å². The summed E-state index contributed by atoms with van der Waals surface area (Å²) >= 11 is 0. The van der Waals surface area contributed by atoms with Crippen LogP contribution in [-0.2, 0) is 14.4 Å². The van der Waals surface area contributed by atoms with Crippen LogP contribution in [0.1, 0.15) is 38.3 Å². The van der Waals surface area contributed by atoms with Crippen molar-refractivity contribution in [2.24, 2.45) is 11.1 Å². The second-order valence-electron chi connectivity index (χ2n) is 7.12. The molecule has 0 radical (unpaired) electrons. The van der Waals surface area contributed by atoms with Crippen molar-refractivity contribution in [3.8, 4) is 0 Å². The highest BCUT2D eigenvalue weighted by atomic mass is 16.2. The Morgan fingerprint density at radius 1 is 1.08 bits per heavy atom. The predicted octanol–water partition coefficient (Wildman–Crippen LogP) is 1.07. The summed E-state index contributed by atoms with van der Waals surface area (Å²) < 4.78 is 0. The van der Waals surface area contributed by atoms with E-state index in [0.717, 1.165) is 18.4 Å². The zero-order valence-corrected chi connectivity index (χ0v) is 14.1. The summed E-state index contributed by atoms with van der Waals surface area (Å²) in [5, 5.41) is 0. The number of hydrogen-bond donors (Lipinski definition) is 1. The summed E-state index contributed by atoms with van der Waals surface area (Å²) in [6, 6.07) is 8.98. The van der Waals surface area contributed by atoms with Crippen molar-refractivity contribution in [1.82, 2.24) is 9.80 Å². The van der Waals surface area contributed by atoms with E-state index < -0.39 is 11.8 Å². The Labute approximate surface area is 141 Å². The van der Waals surface area contributed by atoms with E-state index in [1.807, 2.05) is 49.1 Å². The maximum Gasteiger partial charge on any atom is 0.312 e. The van der Waals surface area contributed by atoms with Gasteiger partial charge in [-0.15, -0.1) is 0 Å². The van der Waals surface area contributed by atoms with Crippen molar-refractivity contribution in [3.05, 3.63) is 35.9 Å². The molecule has 3 amide bonds. The summed E-state index contributed by atoms with van der Waals surface area (Å²) in [4.78, 5) is 39.8. The van der Waals surface area contributed by atoms with Crippen LogP contribution in [0.25, 0.3) is 0 Å². The van der Waals surface area contributed by atoms with E-state index in [9.17, 15) is 14.4 Å². The van der Waals surface area contributed by atoms with Crippen LogP contribution in [0.4, 0.5) is 0 Å². The first-order valence-electron chi connectivity index (χ1n) is 8.30. The predicted molar refractivity (Wildman–Crippen MR) is 88.6 cm³/mol. The lowest BCUT2D eigenvalue weighted by Crippen LogP contribution is -2.59. The molecule has 1 heterocycles. The van der Waals surface area contributed by atoms with E-state index in [0.29, 0.717) is 13.1 Å². The molecule has 1 aliphatic carbocycles. The second kappa shape index (κ2) is 5.92. The first kappa shape index (κ1) is 16.5. The van der Waals surface area contributed by atoms with Gasteiger partial charge in [0.25, 0.3) is 0 Å². The third-order valence-corrected chi connectivity index (χ3v) is 5.17. The van der Waals surface area contributed by atoms with E-state index in [-0.39, 0.29) is 23.4 Å². The number of benzene rings is 1. The van der Waals surface area contributed by atoms with Gasteiger partial charge in [0.15, 0.2) is 0 Å². The number of primary amides is 1. The third kappa shape index (κ3) is 2.88. The maximum absolute atomic E-state index is 12.8. The van der Waals surface area contributed by atoms with Gasteiger partial charge >= 0.3 is 11.8 Å². The van der Waals surface area contributed by atoms with Gasteiger partial charge in [0, 0.05) is 24.5 Å². The zero-order valence-electron chi connectivity index (χ0n) is 14.1. The zero-order chi connectivity index (χ0) is 17.5. The van der Waals surface area contributed by atoms with E-state index in [1.54, 1.807) is 0 Å². The van der Waals surface area contributed by atoms with Crippen molar-refractivity contribution in [2.45, 2.75) is 38.8 Å². The molecule has 0 unspecified atom stereocenters. The molecule has 0 spiro atoms. The summed E-state index contributed by atoms with van der Waals surface area (Å²) in [6.07, 6.45) is 1.82. The quantitative estimate of drug-likeness (QED) is 0.824. The molecular weight excluding hydrogens is 306 g/mol. The summed E-state index contributed by atoms with van der Waals surface area (Å²) in [6.45, 7) is 4.59. The van der Waals surface area contributed by atoms with Gasteiger partial charge in [-0.1, -0.05) is 37.3 Å².